The summed E-state index contributed by atoms with van der Waals surface area (Å²) in [4.78, 5) is 0. The first-order chi connectivity index (χ1) is 10.1. The summed E-state index contributed by atoms with van der Waals surface area (Å²) in [7, 11) is 3.86. The van der Waals surface area contributed by atoms with Gasteiger partial charge in [-0.15, -0.1) is 0 Å². The van der Waals surface area contributed by atoms with E-state index < -0.39 is 0 Å². The van der Waals surface area contributed by atoms with Gasteiger partial charge in [0.2, 0.25) is 0 Å². The number of halogens is 1. The van der Waals surface area contributed by atoms with E-state index in [9.17, 15) is 0 Å². The fourth-order valence-electron chi connectivity index (χ4n) is 3.57. The lowest BCUT2D eigenvalue weighted by Gasteiger charge is -2.35. The number of rotatable bonds is 6. The molecule has 0 spiro atoms. The lowest BCUT2D eigenvalue weighted by molar-refractivity contribution is 0.00685. The number of hydrogen-bond donors (Lipinski definition) is 1. The van der Waals surface area contributed by atoms with Crippen molar-refractivity contribution in [1.29, 1.82) is 0 Å². The molecule has 0 bridgehead atoms. The zero-order valence-electron chi connectivity index (χ0n) is 13.6. The molecule has 1 aliphatic rings. The van der Waals surface area contributed by atoms with Crippen LogP contribution in [0.5, 0.6) is 0 Å². The summed E-state index contributed by atoms with van der Waals surface area (Å²) in [6.45, 7) is 4.33. The Morgan fingerprint density at radius 1 is 1.33 bits per heavy atom. The highest BCUT2D eigenvalue weighted by Gasteiger charge is 2.34. The van der Waals surface area contributed by atoms with E-state index in [4.69, 9.17) is 4.74 Å². The van der Waals surface area contributed by atoms with Crippen LogP contribution < -0.4 is 5.32 Å². The number of methoxy groups -OCH3 is 1. The first-order valence-electron chi connectivity index (χ1n) is 8.03. The highest BCUT2D eigenvalue weighted by Crippen LogP contribution is 2.36. The highest BCUT2D eigenvalue weighted by atomic mass is 79.9. The Morgan fingerprint density at radius 3 is 2.52 bits per heavy atom. The van der Waals surface area contributed by atoms with Crippen LogP contribution in [0.4, 0.5) is 0 Å². The van der Waals surface area contributed by atoms with Gasteiger partial charge in [0, 0.05) is 13.2 Å². The van der Waals surface area contributed by atoms with Crippen molar-refractivity contribution in [1.82, 2.24) is 15.1 Å². The van der Waals surface area contributed by atoms with Crippen LogP contribution in [0, 0.1) is 5.92 Å². The molecule has 4 nitrogen and oxygen atoms in total. The third-order valence-electron chi connectivity index (χ3n) is 4.60. The molecule has 120 valence electrons. The molecular formula is C16H28BrN3O. The van der Waals surface area contributed by atoms with E-state index in [-0.39, 0.29) is 12.1 Å². The van der Waals surface area contributed by atoms with Crippen molar-refractivity contribution in [3.05, 3.63) is 16.4 Å². The molecule has 21 heavy (non-hydrogen) atoms. The van der Waals surface area contributed by atoms with E-state index in [1.165, 1.54) is 37.8 Å². The molecule has 0 aliphatic heterocycles. The van der Waals surface area contributed by atoms with Gasteiger partial charge in [0.25, 0.3) is 0 Å². The minimum atomic E-state index is 0.164. The molecule has 0 radical (unpaired) electrons. The van der Waals surface area contributed by atoms with Crippen LogP contribution in [0.25, 0.3) is 0 Å². The molecule has 1 aromatic heterocycles. The summed E-state index contributed by atoms with van der Waals surface area (Å²) in [6.07, 6.45) is 8.64. The van der Waals surface area contributed by atoms with Crippen molar-refractivity contribution in [2.45, 2.75) is 64.1 Å². The molecule has 2 unspecified atom stereocenters. The Hall–Kier alpha value is -0.390. The summed E-state index contributed by atoms with van der Waals surface area (Å²) < 4.78 is 9.09. The fraction of sp³-hybridized carbons (Fsp3) is 0.812. The molecule has 1 heterocycles. The topological polar surface area (TPSA) is 39.1 Å². The minimum Gasteiger partial charge on any atom is -0.379 e. The van der Waals surface area contributed by atoms with Crippen LogP contribution in [-0.4, -0.2) is 30.0 Å². The average molecular weight is 358 g/mol. The van der Waals surface area contributed by atoms with Crippen molar-refractivity contribution in [2.24, 2.45) is 5.92 Å². The summed E-state index contributed by atoms with van der Waals surface area (Å²) in [6, 6.07) is 0.503. The quantitative estimate of drug-likeness (QED) is 0.833. The first kappa shape index (κ1) is 17.0. The smallest absolute Gasteiger partial charge is 0.0809 e. The Morgan fingerprint density at radius 2 is 2.00 bits per heavy atom. The Balaban J connectivity index is 2.30. The number of nitrogens with zero attached hydrogens (tertiary/aromatic N) is 2. The largest absolute Gasteiger partial charge is 0.379 e. The fourth-order valence-corrected chi connectivity index (χ4v) is 4.09. The van der Waals surface area contributed by atoms with Crippen molar-refractivity contribution < 1.29 is 4.74 Å². The zero-order valence-corrected chi connectivity index (χ0v) is 15.2. The second kappa shape index (κ2) is 7.75. The molecule has 1 aromatic rings. The second-order valence-corrected chi connectivity index (χ2v) is 7.14. The lowest BCUT2D eigenvalue weighted by atomic mass is 9.81. The predicted octanol–water partition coefficient (Wildman–Crippen LogP) is 4.08. The van der Waals surface area contributed by atoms with Gasteiger partial charge >= 0.3 is 0 Å². The third-order valence-corrected chi connectivity index (χ3v) is 5.21. The molecule has 1 fully saturated rings. The normalized spacial score (nSPS) is 19.9. The van der Waals surface area contributed by atoms with E-state index >= 15 is 0 Å². The van der Waals surface area contributed by atoms with Gasteiger partial charge in [-0.25, -0.2) is 0 Å². The van der Waals surface area contributed by atoms with Crippen LogP contribution in [0.2, 0.25) is 0 Å². The van der Waals surface area contributed by atoms with Gasteiger partial charge in [0.15, 0.2) is 0 Å². The van der Waals surface area contributed by atoms with Gasteiger partial charge in [0.1, 0.15) is 0 Å². The van der Waals surface area contributed by atoms with Crippen molar-refractivity contribution in [3.63, 3.8) is 0 Å². The summed E-state index contributed by atoms with van der Waals surface area (Å²) in [5.74, 6) is 0.628. The molecule has 5 heteroatoms. The van der Waals surface area contributed by atoms with Gasteiger partial charge in [0.05, 0.1) is 28.5 Å². The Kier molecular flexibility index (Phi) is 6.26. The molecule has 0 amide bonds. The molecule has 1 aliphatic carbocycles. The monoisotopic (exact) mass is 357 g/mol. The lowest BCUT2D eigenvalue weighted by Crippen LogP contribution is -2.39. The van der Waals surface area contributed by atoms with E-state index in [1.807, 2.05) is 20.4 Å². The molecule has 1 saturated carbocycles. The molecule has 1 N–H and O–H groups in total. The van der Waals surface area contributed by atoms with E-state index in [0.29, 0.717) is 12.0 Å². The SMILES string of the molecule is CNC(c1c(Br)cnn1C(C)C)C(OC)C1CCCCC1. The van der Waals surface area contributed by atoms with Crippen LogP contribution in [0.1, 0.15) is 63.7 Å². The van der Waals surface area contributed by atoms with Crippen LogP contribution in [-0.2, 0) is 4.74 Å². The Bertz CT molecular complexity index is 441. The maximum atomic E-state index is 5.93. The molecular weight excluding hydrogens is 330 g/mol. The highest BCUT2D eigenvalue weighted by molar-refractivity contribution is 9.10. The first-order valence-corrected chi connectivity index (χ1v) is 8.82. The summed E-state index contributed by atoms with van der Waals surface area (Å²) in [5, 5.41) is 7.99. The number of hydrogen-bond acceptors (Lipinski definition) is 3. The average Bonchev–Trinajstić information content (AvgIpc) is 2.87. The van der Waals surface area contributed by atoms with Gasteiger partial charge in [-0.1, -0.05) is 19.3 Å². The van der Waals surface area contributed by atoms with Crippen LogP contribution in [0.3, 0.4) is 0 Å². The third kappa shape index (κ3) is 3.69. The van der Waals surface area contributed by atoms with Gasteiger partial charge in [-0.2, -0.15) is 5.10 Å². The van der Waals surface area contributed by atoms with Crippen molar-refractivity contribution in [3.8, 4) is 0 Å². The number of aromatic nitrogens is 2. The number of likely N-dealkylation sites (N-methyl/N-ethyl adjacent to an activating group) is 1. The maximum absolute atomic E-state index is 5.93. The predicted molar refractivity (Wildman–Crippen MR) is 89.5 cm³/mol. The standard InChI is InChI=1S/C16H28BrN3O/c1-11(2)20-15(13(17)10-19-20)14(18-3)16(21-4)12-8-6-5-7-9-12/h10-12,14,16,18H,5-9H2,1-4H3. The number of nitrogens with one attached hydrogen (secondary N) is 1. The van der Waals surface area contributed by atoms with Gasteiger partial charge in [-0.05, 0) is 55.6 Å². The number of ether oxygens (including phenoxy) is 1. The van der Waals surface area contributed by atoms with Crippen molar-refractivity contribution in [2.75, 3.05) is 14.2 Å². The Labute approximate surface area is 136 Å². The molecule has 2 rings (SSSR count). The maximum Gasteiger partial charge on any atom is 0.0809 e. The summed E-state index contributed by atoms with van der Waals surface area (Å²) >= 11 is 3.67. The second-order valence-electron chi connectivity index (χ2n) is 6.28. The molecule has 0 aromatic carbocycles. The van der Waals surface area contributed by atoms with E-state index in [2.05, 4.69) is 44.9 Å². The van der Waals surface area contributed by atoms with E-state index in [1.54, 1.807) is 0 Å². The van der Waals surface area contributed by atoms with E-state index in [0.717, 1.165) is 4.47 Å². The van der Waals surface area contributed by atoms with Gasteiger partial charge in [-0.3, -0.25) is 4.68 Å². The minimum absolute atomic E-state index is 0.164. The van der Waals surface area contributed by atoms with Crippen molar-refractivity contribution >= 4 is 15.9 Å². The van der Waals surface area contributed by atoms with Crippen LogP contribution in [0.15, 0.2) is 10.7 Å². The van der Waals surface area contributed by atoms with Crippen LogP contribution >= 0.6 is 15.9 Å². The summed E-state index contributed by atoms with van der Waals surface area (Å²) in [5.41, 5.74) is 1.20. The van der Waals surface area contributed by atoms with Gasteiger partial charge < -0.3 is 10.1 Å². The molecule has 2 atom stereocenters. The molecule has 0 saturated heterocycles. The zero-order chi connectivity index (χ0) is 15.4.